The lowest BCUT2D eigenvalue weighted by Crippen LogP contribution is -1.86. The average molecular weight is 167 g/mol. The lowest BCUT2D eigenvalue weighted by Gasteiger charge is -2.03. The fourth-order valence-corrected chi connectivity index (χ4v) is 1.75. The average Bonchev–Trinajstić information content (AvgIpc) is 1.98. The van der Waals surface area contributed by atoms with Gasteiger partial charge < -0.3 is 5.73 Å². The highest BCUT2D eigenvalue weighted by Gasteiger charge is 1.96. The van der Waals surface area contributed by atoms with Gasteiger partial charge in [0.05, 0.1) is 0 Å². The first-order chi connectivity index (χ1) is 5.24. The van der Waals surface area contributed by atoms with Crippen molar-refractivity contribution in [2.75, 3.05) is 11.5 Å². The normalized spacial score (nSPS) is 10.0. The van der Waals surface area contributed by atoms with Gasteiger partial charge in [0.2, 0.25) is 0 Å². The number of aryl methyl sites for hydroxylation is 1. The molecule has 0 saturated heterocycles. The number of nitrogen functional groups attached to an aromatic ring is 1. The Kier molecular flexibility index (Phi) is 2.83. The van der Waals surface area contributed by atoms with Crippen LogP contribution < -0.4 is 5.73 Å². The maximum Gasteiger partial charge on any atom is 0.0325 e. The lowest BCUT2D eigenvalue weighted by molar-refractivity contribution is 1.30. The molecule has 11 heavy (non-hydrogen) atoms. The summed E-state index contributed by atoms with van der Waals surface area (Å²) in [7, 11) is 0. The van der Waals surface area contributed by atoms with Crippen LogP contribution in [0, 0.1) is 6.92 Å². The first-order valence-electron chi connectivity index (χ1n) is 3.73. The second-order valence-corrected chi connectivity index (χ2v) is 3.76. The molecule has 2 heteroatoms. The fourth-order valence-electron chi connectivity index (χ4n) is 0.928. The van der Waals surface area contributed by atoms with Gasteiger partial charge in [0.15, 0.2) is 0 Å². The van der Waals surface area contributed by atoms with E-state index in [1.807, 2.05) is 23.9 Å². The molecule has 0 heterocycles. The highest BCUT2D eigenvalue weighted by molar-refractivity contribution is 7.99. The van der Waals surface area contributed by atoms with Crippen molar-refractivity contribution in [2.24, 2.45) is 0 Å². The molecule has 0 spiro atoms. The summed E-state index contributed by atoms with van der Waals surface area (Å²) < 4.78 is 0. The van der Waals surface area contributed by atoms with E-state index in [2.05, 4.69) is 19.9 Å². The highest BCUT2D eigenvalue weighted by atomic mass is 32.2. The van der Waals surface area contributed by atoms with E-state index in [1.165, 1.54) is 10.5 Å². The minimum atomic E-state index is 0.853. The largest absolute Gasteiger partial charge is 0.399 e. The van der Waals surface area contributed by atoms with Crippen molar-refractivity contribution in [2.45, 2.75) is 18.7 Å². The topological polar surface area (TPSA) is 26.0 Å². The molecule has 0 fully saturated rings. The van der Waals surface area contributed by atoms with E-state index in [-0.39, 0.29) is 0 Å². The number of anilines is 1. The van der Waals surface area contributed by atoms with Crippen LogP contribution in [0.5, 0.6) is 0 Å². The maximum absolute atomic E-state index is 5.64. The molecule has 0 bridgehead atoms. The molecule has 0 atom stereocenters. The van der Waals surface area contributed by atoms with Gasteiger partial charge in [-0.2, -0.15) is 0 Å². The van der Waals surface area contributed by atoms with Gasteiger partial charge in [-0.15, -0.1) is 11.8 Å². The minimum Gasteiger partial charge on any atom is -0.399 e. The summed E-state index contributed by atoms with van der Waals surface area (Å²) in [5.74, 6) is 1.10. The van der Waals surface area contributed by atoms with Crippen LogP contribution in [-0.4, -0.2) is 5.75 Å². The smallest absolute Gasteiger partial charge is 0.0325 e. The first-order valence-corrected chi connectivity index (χ1v) is 4.71. The highest BCUT2D eigenvalue weighted by Crippen LogP contribution is 2.23. The number of hydrogen-bond donors (Lipinski definition) is 1. The summed E-state index contributed by atoms with van der Waals surface area (Å²) in [6, 6.07) is 6.03. The molecule has 1 rings (SSSR count). The predicted molar refractivity (Wildman–Crippen MR) is 52.0 cm³/mol. The third kappa shape index (κ3) is 2.15. The molecule has 0 aliphatic rings. The molecule has 1 nitrogen and oxygen atoms in total. The molecule has 0 aromatic heterocycles. The summed E-state index contributed by atoms with van der Waals surface area (Å²) in [4.78, 5) is 1.30. The predicted octanol–water partition coefficient (Wildman–Crippen LogP) is 2.69. The summed E-state index contributed by atoms with van der Waals surface area (Å²) in [6.07, 6.45) is 0. The van der Waals surface area contributed by atoms with Gasteiger partial charge in [0, 0.05) is 10.6 Å². The van der Waals surface area contributed by atoms with Crippen molar-refractivity contribution in [3.63, 3.8) is 0 Å². The Morgan fingerprint density at radius 1 is 1.45 bits per heavy atom. The number of benzene rings is 1. The lowest BCUT2D eigenvalue weighted by atomic mass is 10.2. The summed E-state index contributed by atoms with van der Waals surface area (Å²) in [5.41, 5.74) is 7.81. The molecule has 0 saturated carbocycles. The van der Waals surface area contributed by atoms with Crippen molar-refractivity contribution in [3.8, 4) is 0 Å². The van der Waals surface area contributed by atoms with Crippen LogP contribution in [0.25, 0.3) is 0 Å². The molecule has 60 valence electrons. The van der Waals surface area contributed by atoms with E-state index in [1.54, 1.807) is 0 Å². The van der Waals surface area contributed by atoms with E-state index < -0.39 is 0 Å². The molecule has 0 unspecified atom stereocenters. The quantitative estimate of drug-likeness (QED) is 0.541. The first kappa shape index (κ1) is 8.47. The standard InChI is InChI=1S/C9H13NS/c1-3-11-9-6-8(10)5-4-7(9)2/h4-6H,3,10H2,1-2H3. The van der Waals surface area contributed by atoms with Crippen LogP contribution in [0.3, 0.4) is 0 Å². The Bertz CT molecular complexity index is 245. The van der Waals surface area contributed by atoms with Gasteiger partial charge in [-0.3, -0.25) is 0 Å². The van der Waals surface area contributed by atoms with Gasteiger partial charge in [0.25, 0.3) is 0 Å². The minimum absolute atomic E-state index is 0.853. The molecule has 1 aromatic carbocycles. The molecule has 2 N–H and O–H groups in total. The van der Waals surface area contributed by atoms with Crippen molar-refractivity contribution in [1.82, 2.24) is 0 Å². The molecule has 0 radical (unpaired) electrons. The molecule has 1 aromatic rings. The van der Waals surface area contributed by atoms with Gasteiger partial charge in [-0.05, 0) is 30.4 Å². The van der Waals surface area contributed by atoms with Crippen molar-refractivity contribution >= 4 is 17.4 Å². The molecule has 0 amide bonds. The van der Waals surface area contributed by atoms with Crippen LogP contribution in [0.15, 0.2) is 23.1 Å². The van der Waals surface area contributed by atoms with Crippen LogP contribution in [0.4, 0.5) is 5.69 Å². The maximum atomic E-state index is 5.64. The van der Waals surface area contributed by atoms with Gasteiger partial charge in [-0.1, -0.05) is 13.0 Å². The second kappa shape index (κ2) is 3.67. The zero-order valence-electron chi connectivity index (χ0n) is 6.92. The van der Waals surface area contributed by atoms with Crippen LogP contribution in [0.2, 0.25) is 0 Å². The number of hydrogen-bond acceptors (Lipinski definition) is 2. The Labute approximate surface area is 72.0 Å². The third-order valence-electron chi connectivity index (χ3n) is 1.51. The third-order valence-corrected chi connectivity index (χ3v) is 2.55. The monoisotopic (exact) mass is 167 g/mol. The van der Waals surface area contributed by atoms with E-state index in [0.717, 1.165) is 11.4 Å². The molecule has 0 aliphatic carbocycles. The number of rotatable bonds is 2. The van der Waals surface area contributed by atoms with E-state index in [0.29, 0.717) is 0 Å². The van der Waals surface area contributed by atoms with E-state index in [4.69, 9.17) is 5.73 Å². The SMILES string of the molecule is CCSc1cc(N)ccc1C. The number of thioether (sulfide) groups is 1. The van der Waals surface area contributed by atoms with Crippen LogP contribution in [-0.2, 0) is 0 Å². The van der Waals surface area contributed by atoms with Crippen molar-refractivity contribution < 1.29 is 0 Å². The van der Waals surface area contributed by atoms with E-state index >= 15 is 0 Å². The molecule has 0 aliphatic heterocycles. The fraction of sp³-hybridized carbons (Fsp3) is 0.333. The Hall–Kier alpha value is -0.630. The zero-order valence-corrected chi connectivity index (χ0v) is 7.74. The zero-order chi connectivity index (χ0) is 8.27. The molecular weight excluding hydrogens is 154 g/mol. The Balaban J connectivity index is 2.93. The van der Waals surface area contributed by atoms with Crippen LogP contribution in [0.1, 0.15) is 12.5 Å². The summed E-state index contributed by atoms with van der Waals surface area (Å²) in [5, 5.41) is 0. The Morgan fingerprint density at radius 2 is 2.18 bits per heavy atom. The van der Waals surface area contributed by atoms with Gasteiger partial charge >= 0.3 is 0 Å². The summed E-state index contributed by atoms with van der Waals surface area (Å²) >= 11 is 1.84. The summed E-state index contributed by atoms with van der Waals surface area (Å²) in [6.45, 7) is 4.25. The molecular formula is C9H13NS. The van der Waals surface area contributed by atoms with Gasteiger partial charge in [-0.25, -0.2) is 0 Å². The van der Waals surface area contributed by atoms with Crippen molar-refractivity contribution in [1.29, 1.82) is 0 Å². The van der Waals surface area contributed by atoms with Crippen molar-refractivity contribution in [3.05, 3.63) is 23.8 Å². The van der Waals surface area contributed by atoms with Gasteiger partial charge in [0.1, 0.15) is 0 Å². The Morgan fingerprint density at radius 3 is 2.82 bits per heavy atom. The van der Waals surface area contributed by atoms with E-state index in [9.17, 15) is 0 Å². The number of nitrogens with two attached hydrogens (primary N) is 1. The van der Waals surface area contributed by atoms with Crippen LogP contribution >= 0.6 is 11.8 Å². The second-order valence-electron chi connectivity index (χ2n) is 2.46.